The van der Waals surface area contributed by atoms with E-state index < -0.39 is 0 Å². The summed E-state index contributed by atoms with van der Waals surface area (Å²) in [6.45, 7) is 9.86. The van der Waals surface area contributed by atoms with Crippen LogP contribution in [0.15, 0.2) is 186 Å². The zero-order chi connectivity index (χ0) is 38.5. The summed E-state index contributed by atoms with van der Waals surface area (Å²) in [6, 6.07) is 53.7. The van der Waals surface area contributed by atoms with Crippen molar-refractivity contribution >= 4 is 49.2 Å². The second-order valence-electron chi connectivity index (χ2n) is 17.8. The first kappa shape index (κ1) is 34.2. The molecule has 2 heteroatoms. The van der Waals surface area contributed by atoms with E-state index in [0.29, 0.717) is 5.92 Å². The van der Waals surface area contributed by atoms with Gasteiger partial charge in [0.25, 0.3) is 0 Å². The molecule has 3 aliphatic carbocycles. The fourth-order valence-corrected chi connectivity index (χ4v) is 11.0. The maximum Gasteiger partial charge on any atom is 0.136 e. The highest BCUT2D eigenvalue weighted by Gasteiger charge is 2.54. The molecule has 0 radical (unpaired) electrons. The Hall–Kier alpha value is -6.12. The lowest BCUT2D eigenvalue weighted by Crippen LogP contribution is -2.40. The highest BCUT2D eigenvalue weighted by Crippen LogP contribution is 2.60. The van der Waals surface area contributed by atoms with Crippen LogP contribution in [0.5, 0.6) is 0 Å². The van der Waals surface area contributed by atoms with Gasteiger partial charge in [0.05, 0.1) is 5.69 Å². The average molecular weight is 738 g/mol. The molecule has 0 spiro atoms. The molecular weight excluding hydrogens is 691 g/mol. The predicted octanol–water partition coefficient (Wildman–Crippen LogP) is 14.7. The highest BCUT2D eigenvalue weighted by atomic mass is 16.3. The standard InChI is InChI=1S/C55H47NO/c1-53(2)46-17-9-10-18-47(46)55(4)32-29-42(35-51(53)55)56(48-19-11-7-15-43(48)39-22-21-36-13-5-6-14-38(36)33-39)41-27-30-54(3,31-28-41)40-25-23-37-24-26-50-52(45(37)34-40)44-16-8-12-20-49(44)57-50/h5-30,33-34,51H,31-32,35H2,1-4H3. The third-order valence-corrected chi connectivity index (χ3v) is 14.2. The van der Waals surface area contributed by atoms with Crippen molar-refractivity contribution in [2.45, 2.75) is 63.2 Å². The van der Waals surface area contributed by atoms with Crippen LogP contribution >= 0.6 is 0 Å². The van der Waals surface area contributed by atoms with Crippen molar-refractivity contribution in [3.05, 3.63) is 198 Å². The van der Waals surface area contributed by atoms with Crippen LogP contribution in [0, 0.1) is 5.92 Å². The first-order valence-corrected chi connectivity index (χ1v) is 20.6. The van der Waals surface area contributed by atoms with Gasteiger partial charge in [-0.3, -0.25) is 0 Å². The molecule has 0 saturated carbocycles. The van der Waals surface area contributed by atoms with Crippen LogP contribution in [0.1, 0.15) is 63.6 Å². The Morgan fingerprint density at radius 1 is 0.596 bits per heavy atom. The smallest absolute Gasteiger partial charge is 0.136 e. The summed E-state index contributed by atoms with van der Waals surface area (Å²) in [4.78, 5) is 2.61. The van der Waals surface area contributed by atoms with Crippen molar-refractivity contribution in [3.8, 4) is 11.1 Å². The highest BCUT2D eigenvalue weighted by molar-refractivity contribution is 6.18. The Kier molecular flexibility index (Phi) is 7.45. The average Bonchev–Trinajstić information content (AvgIpc) is 3.72. The molecule has 0 bridgehead atoms. The van der Waals surface area contributed by atoms with Gasteiger partial charge in [0.1, 0.15) is 11.2 Å². The van der Waals surface area contributed by atoms with Crippen LogP contribution in [-0.2, 0) is 16.2 Å². The molecule has 2 nitrogen and oxygen atoms in total. The van der Waals surface area contributed by atoms with E-state index in [1.807, 2.05) is 0 Å². The minimum Gasteiger partial charge on any atom is -0.456 e. The van der Waals surface area contributed by atoms with Crippen molar-refractivity contribution in [2.75, 3.05) is 4.90 Å². The molecule has 0 aliphatic heterocycles. The van der Waals surface area contributed by atoms with Crippen LogP contribution < -0.4 is 4.90 Å². The van der Waals surface area contributed by atoms with Gasteiger partial charge in [0, 0.05) is 38.6 Å². The number of nitrogens with zero attached hydrogens (tertiary/aromatic N) is 1. The molecule has 0 fully saturated rings. The van der Waals surface area contributed by atoms with Gasteiger partial charge in [-0.15, -0.1) is 0 Å². The largest absolute Gasteiger partial charge is 0.456 e. The summed E-state index contributed by atoms with van der Waals surface area (Å²) in [5, 5.41) is 7.39. The molecule has 8 aromatic rings. The molecule has 7 aromatic carbocycles. The van der Waals surface area contributed by atoms with Crippen molar-refractivity contribution in [2.24, 2.45) is 5.92 Å². The molecule has 3 aliphatic rings. The summed E-state index contributed by atoms with van der Waals surface area (Å²) in [5.74, 6) is 0.476. The van der Waals surface area contributed by atoms with Gasteiger partial charge in [-0.1, -0.05) is 161 Å². The van der Waals surface area contributed by atoms with Crippen molar-refractivity contribution in [1.82, 2.24) is 0 Å². The molecule has 57 heavy (non-hydrogen) atoms. The minimum atomic E-state index is -0.169. The van der Waals surface area contributed by atoms with Crippen LogP contribution in [0.2, 0.25) is 0 Å². The van der Waals surface area contributed by atoms with E-state index in [4.69, 9.17) is 4.42 Å². The van der Waals surface area contributed by atoms with E-state index in [2.05, 4.69) is 202 Å². The van der Waals surface area contributed by atoms with E-state index >= 15 is 0 Å². The van der Waals surface area contributed by atoms with E-state index in [-0.39, 0.29) is 16.2 Å². The second-order valence-corrected chi connectivity index (χ2v) is 17.8. The minimum absolute atomic E-state index is 0.0611. The second kappa shape index (κ2) is 12.4. The van der Waals surface area contributed by atoms with Gasteiger partial charge in [0.15, 0.2) is 0 Å². The Bertz CT molecular complexity index is 3030. The van der Waals surface area contributed by atoms with Crippen molar-refractivity contribution in [1.29, 1.82) is 0 Å². The zero-order valence-corrected chi connectivity index (χ0v) is 33.2. The van der Waals surface area contributed by atoms with E-state index in [1.165, 1.54) is 77.2 Å². The van der Waals surface area contributed by atoms with Crippen LogP contribution in [0.3, 0.4) is 0 Å². The number of fused-ring (bicyclic) bond motifs is 9. The Morgan fingerprint density at radius 2 is 1.33 bits per heavy atom. The lowest BCUT2D eigenvalue weighted by atomic mass is 9.63. The number of benzene rings is 7. The van der Waals surface area contributed by atoms with Gasteiger partial charge in [-0.2, -0.15) is 0 Å². The number of furan rings is 1. The van der Waals surface area contributed by atoms with Gasteiger partial charge < -0.3 is 9.32 Å². The molecule has 11 rings (SSSR count). The molecule has 3 unspecified atom stereocenters. The van der Waals surface area contributed by atoms with E-state index in [9.17, 15) is 0 Å². The molecular formula is C55H47NO. The summed E-state index contributed by atoms with van der Waals surface area (Å²) < 4.78 is 6.30. The third-order valence-electron chi connectivity index (χ3n) is 14.2. The molecule has 278 valence electrons. The van der Waals surface area contributed by atoms with Crippen LogP contribution in [0.25, 0.3) is 54.6 Å². The van der Waals surface area contributed by atoms with Gasteiger partial charge >= 0.3 is 0 Å². The topological polar surface area (TPSA) is 16.4 Å². The number of hydrogen-bond acceptors (Lipinski definition) is 2. The number of para-hydroxylation sites is 2. The summed E-state index contributed by atoms with van der Waals surface area (Å²) in [7, 11) is 0. The molecule has 0 amide bonds. The molecule has 0 N–H and O–H groups in total. The summed E-state index contributed by atoms with van der Waals surface area (Å²) in [5.41, 5.74) is 12.6. The maximum atomic E-state index is 6.30. The predicted molar refractivity (Wildman–Crippen MR) is 240 cm³/mol. The lowest BCUT2D eigenvalue weighted by Gasteiger charge is -2.45. The lowest BCUT2D eigenvalue weighted by molar-refractivity contribution is 0.210. The summed E-state index contributed by atoms with van der Waals surface area (Å²) >= 11 is 0. The Balaban J connectivity index is 1.02. The normalized spacial score (nSPS) is 22.4. The number of allylic oxidation sites excluding steroid dienone is 5. The van der Waals surface area contributed by atoms with Gasteiger partial charge in [-0.05, 0) is 111 Å². The number of hydrogen-bond donors (Lipinski definition) is 0. The molecule has 3 atom stereocenters. The molecule has 0 saturated heterocycles. The monoisotopic (exact) mass is 737 g/mol. The van der Waals surface area contributed by atoms with E-state index in [1.54, 1.807) is 0 Å². The van der Waals surface area contributed by atoms with Crippen LogP contribution in [0.4, 0.5) is 5.69 Å². The van der Waals surface area contributed by atoms with E-state index in [0.717, 1.165) is 30.4 Å². The maximum absolute atomic E-state index is 6.30. The Labute approximate surface area is 335 Å². The third kappa shape index (κ3) is 5.16. The fraction of sp³-hybridized carbons (Fsp3) is 0.200. The SMILES string of the molecule is CC1(c2ccc3ccc4oc5ccccc5c4c3c2)C=CC(N(C2=CCC3(C)c4ccccc4C(C)(C)C3C2)c2ccccc2-c2ccc3ccccc3c2)=CC1. The van der Waals surface area contributed by atoms with Gasteiger partial charge in [-0.25, -0.2) is 0 Å². The summed E-state index contributed by atoms with van der Waals surface area (Å²) in [6.07, 6.45) is 12.9. The van der Waals surface area contributed by atoms with Crippen LogP contribution in [-0.4, -0.2) is 0 Å². The molecule has 1 heterocycles. The quantitative estimate of drug-likeness (QED) is 0.175. The van der Waals surface area contributed by atoms with Crippen molar-refractivity contribution < 1.29 is 4.42 Å². The first-order chi connectivity index (χ1) is 27.7. The van der Waals surface area contributed by atoms with Gasteiger partial charge in [0.2, 0.25) is 0 Å². The number of rotatable bonds is 5. The first-order valence-electron chi connectivity index (χ1n) is 20.6. The molecule has 1 aromatic heterocycles. The fourth-order valence-electron chi connectivity index (χ4n) is 11.0. The zero-order valence-electron chi connectivity index (χ0n) is 33.2. The Morgan fingerprint density at radius 3 is 2.19 bits per heavy atom. The van der Waals surface area contributed by atoms with Crippen molar-refractivity contribution in [3.63, 3.8) is 0 Å². The number of anilines is 1.